The van der Waals surface area contributed by atoms with Crippen molar-refractivity contribution in [2.24, 2.45) is 13.0 Å². The van der Waals surface area contributed by atoms with Crippen LogP contribution < -0.4 is 26.0 Å². The smallest absolute Gasteiger partial charge is 0.329 e. The Labute approximate surface area is 356 Å². The van der Waals surface area contributed by atoms with E-state index in [0.717, 1.165) is 24.8 Å². The largest absolute Gasteiger partial charge is 0.485 e. The molecule has 4 aromatic heterocycles. The third-order valence-electron chi connectivity index (χ3n) is 11.5. The van der Waals surface area contributed by atoms with E-state index in [1.807, 2.05) is 32.0 Å². The van der Waals surface area contributed by atoms with Crippen LogP contribution in [0.1, 0.15) is 53.0 Å². The molecular weight excluding hydrogens is 822 g/mol. The van der Waals surface area contributed by atoms with Crippen molar-refractivity contribution in [2.45, 2.75) is 70.0 Å². The third kappa shape index (κ3) is 8.14. The summed E-state index contributed by atoms with van der Waals surface area (Å²) in [7, 11) is -0.838. The minimum Gasteiger partial charge on any atom is -0.485 e. The zero-order chi connectivity index (χ0) is 44.0. The molecule has 0 bridgehead atoms. The van der Waals surface area contributed by atoms with Crippen molar-refractivity contribution in [2.75, 3.05) is 50.0 Å². The van der Waals surface area contributed by atoms with Crippen LogP contribution in [0.2, 0.25) is 0 Å². The molecule has 328 valence electrons. The van der Waals surface area contributed by atoms with Crippen LogP contribution in [0.5, 0.6) is 5.75 Å². The molecule has 2 aromatic carbocycles. The van der Waals surface area contributed by atoms with Crippen molar-refractivity contribution in [3.63, 3.8) is 0 Å². The van der Waals surface area contributed by atoms with Gasteiger partial charge in [-0.1, -0.05) is 13.8 Å². The topological polar surface area (TPSA) is 210 Å². The number of piperidine rings is 1. The van der Waals surface area contributed by atoms with Crippen molar-refractivity contribution in [3.05, 3.63) is 71.4 Å². The summed E-state index contributed by atoms with van der Waals surface area (Å²) in [5, 5.41) is 16.3. The Hall–Kier alpha value is -6.19. The summed E-state index contributed by atoms with van der Waals surface area (Å²) in [6.07, 6.45) is 5.55. The van der Waals surface area contributed by atoms with Crippen molar-refractivity contribution in [3.8, 4) is 17.0 Å². The Kier molecular flexibility index (Phi) is 11.6. The van der Waals surface area contributed by atoms with Crippen molar-refractivity contribution < 1.29 is 27.1 Å². The summed E-state index contributed by atoms with van der Waals surface area (Å²) in [5.74, 6) is -0.870. The number of amides is 2. The van der Waals surface area contributed by atoms with Gasteiger partial charge in [0.15, 0.2) is 5.75 Å². The monoisotopic (exact) mass is 871 g/mol. The van der Waals surface area contributed by atoms with E-state index in [2.05, 4.69) is 59.5 Å². The van der Waals surface area contributed by atoms with Crippen LogP contribution in [0, 0.1) is 11.7 Å². The van der Waals surface area contributed by atoms with E-state index in [1.54, 1.807) is 24.0 Å². The van der Waals surface area contributed by atoms with Gasteiger partial charge in [0.05, 0.1) is 33.9 Å². The van der Waals surface area contributed by atoms with E-state index in [0.29, 0.717) is 59.1 Å². The third-order valence-corrected chi connectivity index (χ3v) is 13.4. The normalized spacial score (nSPS) is 17.9. The molecule has 6 heterocycles. The molecule has 21 heteroatoms. The second-order valence-electron chi connectivity index (χ2n) is 16.4. The highest BCUT2D eigenvalue weighted by molar-refractivity contribution is 7.89. The number of rotatable bonds is 14. The van der Waals surface area contributed by atoms with Gasteiger partial charge in [-0.3, -0.25) is 34.0 Å². The molecule has 1 unspecified atom stereocenters. The van der Waals surface area contributed by atoms with Crippen molar-refractivity contribution >= 4 is 55.8 Å². The standard InChI is InChI=1S/C41H50FN13O6S/c1-24(2)34-22-53(27-8-11-31-33(18-27)51(6)41(58)55(31)32-12-13-35(56)47-39(32)57)17-16-52(34)15-7-14-50(5)62(59,60)28-9-10-30(29(42)19-28)46-40-48-38-37(61-25(3)4)36(26-20-44-45-21-26)43-23-54(38)49-40/h8-11,18-21,23-25,32,34H,7,12-17,22H2,1-6H3,(H,44,45)(H,46,49)(H,47,56,57)/t32?,34-/m1/s1. The summed E-state index contributed by atoms with van der Waals surface area (Å²) in [6.45, 7) is 11.1. The van der Waals surface area contributed by atoms with E-state index >= 15 is 4.39 Å². The van der Waals surface area contributed by atoms with Gasteiger partial charge in [0.1, 0.15) is 23.9 Å². The number of imide groups is 1. The number of sulfonamides is 1. The SMILES string of the molecule is CC(C)Oc1c(-c2cn[nH]c2)ncn2nc(Nc3ccc(S(=O)(=O)N(C)CCCN4CCN(c5ccc6c(c5)n(C)c(=O)n6C5CCC(=O)NC5=O)C[C@@H]4C(C)C)cc3F)nc12. The van der Waals surface area contributed by atoms with Crippen LogP contribution in [0.25, 0.3) is 27.9 Å². The molecule has 2 atom stereocenters. The number of fused-ring (bicyclic) bond motifs is 2. The fourth-order valence-electron chi connectivity index (χ4n) is 8.26. The molecule has 8 rings (SSSR count). The number of hydrogen-bond donors (Lipinski definition) is 3. The molecule has 2 fully saturated rings. The van der Waals surface area contributed by atoms with Gasteiger partial charge in [-0.15, -0.1) is 5.10 Å². The van der Waals surface area contributed by atoms with E-state index in [-0.39, 0.29) is 59.7 Å². The van der Waals surface area contributed by atoms with Crippen LogP contribution in [0.3, 0.4) is 0 Å². The lowest BCUT2D eigenvalue weighted by Gasteiger charge is -2.44. The number of aromatic nitrogens is 8. The Morgan fingerprint density at radius 1 is 1.06 bits per heavy atom. The number of halogens is 1. The minimum atomic E-state index is -4.02. The van der Waals surface area contributed by atoms with E-state index in [9.17, 15) is 22.8 Å². The van der Waals surface area contributed by atoms with Crippen molar-refractivity contribution in [1.82, 2.24) is 53.4 Å². The fourth-order valence-corrected chi connectivity index (χ4v) is 9.49. The van der Waals surface area contributed by atoms with Gasteiger partial charge < -0.3 is 15.0 Å². The Morgan fingerprint density at radius 3 is 2.58 bits per heavy atom. The Morgan fingerprint density at radius 2 is 1.87 bits per heavy atom. The highest BCUT2D eigenvalue weighted by Gasteiger charge is 2.33. The van der Waals surface area contributed by atoms with Gasteiger partial charge in [-0.25, -0.2) is 26.9 Å². The molecule has 6 aromatic rings. The van der Waals surface area contributed by atoms with Crippen LogP contribution >= 0.6 is 0 Å². The first kappa shape index (κ1) is 42.5. The number of aromatic amines is 1. The highest BCUT2D eigenvalue weighted by Crippen LogP contribution is 2.33. The summed E-state index contributed by atoms with van der Waals surface area (Å²) < 4.78 is 54.6. The Balaban J connectivity index is 0.898. The van der Waals surface area contributed by atoms with E-state index < -0.39 is 27.8 Å². The number of benzene rings is 2. The maximum absolute atomic E-state index is 15.6. The lowest BCUT2D eigenvalue weighted by molar-refractivity contribution is -0.135. The second kappa shape index (κ2) is 16.9. The first-order valence-corrected chi connectivity index (χ1v) is 22.0. The molecule has 62 heavy (non-hydrogen) atoms. The summed E-state index contributed by atoms with van der Waals surface area (Å²) >= 11 is 0. The molecule has 0 radical (unpaired) electrons. The van der Waals surface area contributed by atoms with Gasteiger partial charge >= 0.3 is 5.69 Å². The maximum Gasteiger partial charge on any atom is 0.329 e. The van der Waals surface area contributed by atoms with Crippen LogP contribution in [0.15, 0.2) is 64.8 Å². The number of H-pyrrole nitrogens is 1. The second-order valence-corrected chi connectivity index (χ2v) is 18.4. The number of carbonyl (C=O) groups excluding carboxylic acids is 2. The molecule has 0 saturated carbocycles. The summed E-state index contributed by atoms with van der Waals surface area (Å²) in [6, 6.07) is 8.91. The number of nitrogens with zero attached hydrogens (tertiary/aromatic N) is 10. The average Bonchev–Trinajstić information content (AvgIpc) is 3.98. The number of anilines is 3. The molecule has 2 aliphatic heterocycles. The van der Waals surface area contributed by atoms with Gasteiger partial charge in [0.25, 0.3) is 0 Å². The van der Waals surface area contributed by atoms with E-state index in [1.165, 1.54) is 38.9 Å². The lowest BCUT2D eigenvalue weighted by Crippen LogP contribution is -2.55. The van der Waals surface area contributed by atoms with Gasteiger partial charge in [0.2, 0.25) is 33.4 Å². The highest BCUT2D eigenvalue weighted by atomic mass is 32.2. The van der Waals surface area contributed by atoms with Crippen molar-refractivity contribution in [1.29, 1.82) is 0 Å². The number of ether oxygens (including phenoxy) is 1. The zero-order valence-corrected chi connectivity index (χ0v) is 36.2. The molecule has 2 aliphatic rings. The molecule has 3 N–H and O–H groups in total. The predicted molar refractivity (Wildman–Crippen MR) is 229 cm³/mol. The average molecular weight is 872 g/mol. The van der Waals surface area contributed by atoms with Gasteiger partial charge in [0, 0.05) is 70.2 Å². The lowest BCUT2D eigenvalue weighted by atomic mass is 9.98. The Bertz CT molecular complexity index is 2820. The maximum atomic E-state index is 15.6. The number of nitrogens with one attached hydrogen (secondary N) is 3. The summed E-state index contributed by atoms with van der Waals surface area (Å²) in [4.78, 5) is 51.2. The van der Waals surface area contributed by atoms with Gasteiger partial charge in [-0.2, -0.15) is 14.6 Å². The fraction of sp³-hybridized carbons (Fsp3) is 0.439. The summed E-state index contributed by atoms with van der Waals surface area (Å²) in [5.41, 5.74) is 3.51. The number of aryl methyl sites for hydroxylation is 1. The minimum absolute atomic E-state index is 0.00896. The van der Waals surface area contributed by atoms with Gasteiger partial charge in [-0.05, 0) is 75.5 Å². The molecule has 19 nitrogen and oxygen atoms in total. The molecule has 2 saturated heterocycles. The number of piperazine rings is 1. The van der Waals surface area contributed by atoms with E-state index in [4.69, 9.17) is 4.74 Å². The molecule has 2 amide bonds. The number of hydrogen-bond acceptors (Lipinski definition) is 13. The number of imidazole rings is 1. The van der Waals surface area contributed by atoms with Crippen LogP contribution in [-0.4, -0.2) is 120 Å². The van der Waals surface area contributed by atoms with Crippen LogP contribution in [0.4, 0.5) is 21.7 Å². The predicted octanol–water partition coefficient (Wildman–Crippen LogP) is 3.67. The molecule has 0 spiro atoms. The zero-order valence-electron chi connectivity index (χ0n) is 35.4. The quantitative estimate of drug-likeness (QED) is 0.134. The molecular formula is C41H50FN13O6S. The number of carbonyl (C=O) groups is 2. The first-order chi connectivity index (χ1) is 29.6. The molecule has 0 aliphatic carbocycles. The van der Waals surface area contributed by atoms with Crippen LogP contribution in [-0.2, 0) is 26.7 Å². The first-order valence-electron chi connectivity index (χ1n) is 20.6.